The maximum absolute atomic E-state index is 12.8. The van der Waals surface area contributed by atoms with Gasteiger partial charge in [0, 0.05) is 31.9 Å². The number of carbonyl (C=O) groups is 4. The lowest BCUT2D eigenvalue weighted by atomic mass is 10.2. The number of benzene rings is 2. The standard InChI is InChI=1S/C26H27N3O6S/c1-2-34-24(31)18-35-21-10-8-19(9-11-21)16-22-25(32)29(26(33)36-22)17-23(30)28-14-12-27(13-15-28)20-6-4-3-5-7-20/h3-11,16H,2,12-15,17-18H2,1H3/b22-16-. The Kier molecular flexibility index (Phi) is 8.27. The Hall–Kier alpha value is -3.79. The fraction of sp³-hybridized carbons (Fsp3) is 0.308. The van der Waals surface area contributed by atoms with Gasteiger partial charge in [-0.05, 0) is 54.6 Å². The smallest absolute Gasteiger partial charge is 0.344 e. The highest BCUT2D eigenvalue weighted by molar-refractivity contribution is 8.18. The van der Waals surface area contributed by atoms with Gasteiger partial charge in [0.15, 0.2) is 6.61 Å². The minimum absolute atomic E-state index is 0.193. The SMILES string of the molecule is CCOC(=O)COc1ccc(/C=C2\SC(=O)N(CC(=O)N3CCN(c4ccccc4)CC3)C2=O)cc1. The zero-order chi connectivity index (χ0) is 25.5. The van der Waals surface area contributed by atoms with Crippen molar-refractivity contribution < 1.29 is 28.7 Å². The number of carbonyl (C=O) groups excluding carboxylic acids is 4. The summed E-state index contributed by atoms with van der Waals surface area (Å²) in [4.78, 5) is 54.7. The van der Waals surface area contributed by atoms with E-state index in [9.17, 15) is 19.2 Å². The number of thioether (sulfide) groups is 1. The molecule has 4 rings (SSSR count). The minimum Gasteiger partial charge on any atom is -0.482 e. The molecule has 188 valence electrons. The summed E-state index contributed by atoms with van der Waals surface area (Å²) in [6.45, 7) is 3.99. The summed E-state index contributed by atoms with van der Waals surface area (Å²) in [7, 11) is 0. The molecule has 0 saturated carbocycles. The number of para-hydroxylation sites is 1. The highest BCUT2D eigenvalue weighted by Gasteiger charge is 2.37. The first-order chi connectivity index (χ1) is 17.4. The van der Waals surface area contributed by atoms with Gasteiger partial charge in [0.1, 0.15) is 12.3 Å². The van der Waals surface area contributed by atoms with Crippen LogP contribution in [-0.4, -0.2) is 78.8 Å². The summed E-state index contributed by atoms with van der Waals surface area (Å²) >= 11 is 0.814. The van der Waals surface area contributed by atoms with Gasteiger partial charge >= 0.3 is 5.97 Å². The molecule has 36 heavy (non-hydrogen) atoms. The van der Waals surface area contributed by atoms with Crippen LogP contribution >= 0.6 is 11.8 Å². The first-order valence-electron chi connectivity index (χ1n) is 11.7. The summed E-state index contributed by atoms with van der Waals surface area (Å²) in [5.74, 6) is -0.701. The predicted octanol–water partition coefficient (Wildman–Crippen LogP) is 3.01. The van der Waals surface area contributed by atoms with Gasteiger partial charge in [-0.2, -0.15) is 0 Å². The molecule has 0 aliphatic carbocycles. The van der Waals surface area contributed by atoms with Crippen molar-refractivity contribution in [3.8, 4) is 5.75 Å². The van der Waals surface area contributed by atoms with Crippen LogP contribution in [0.1, 0.15) is 12.5 Å². The van der Waals surface area contributed by atoms with Crippen molar-refractivity contribution >= 4 is 46.5 Å². The van der Waals surface area contributed by atoms with Gasteiger partial charge in [0.2, 0.25) is 5.91 Å². The number of esters is 1. The molecule has 2 heterocycles. The Morgan fingerprint density at radius 2 is 1.67 bits per heavy atom. The van der Waals surface area contributed by atoms with E-state index in [-0.39, 0.29) is 30.6 Å². The van der Waals surface area contributed by atoms with E-state index < -0.39 is 17.1 Å². The molecule has 2 saturated heterocycles. The number of imide groups is 1. The number of anilines is 1. The Balaban J connectivity index is 1.30. The van der Waals surface area contributed by atoms with Gasteiger partial charge in [0.25, 0.3) is 11.1 Å². The molecule has 3 amide bonds. The molecular formula is C26H27N3O6S. The van der Waals surface area contributed by atoms with E-state index in [4.69, 9.17) is 9.47 Å². The molecule has 2 fully saturated rings. The molecule has 0 N–H and O–H groups in total. The Labute approximate surface area is 213 Å². The van der Waals surface area contributed by atoms with Gasteiger partial charge in [-0.1, -0.05) is 30.3 Å². The number of piperazine rings is 1. The van der Waals surface area contributed by atoms with E-state index in [2.05, 4.69) is 4.90 Å². The third kappa shape index (κ3) is 6.25. The van der Waals surface area contributed by atoms with Crippen LogP contribution in [0.15, 0.2) is 59.5 Å². The van der Waals surface area contributed by atoms with Crippen LogP contribution in [0, 0.1) is 0 Å². The molecule has 2 aromatic rings. The molecule has 10 heteroatoms. The van der Waals surface area contributed by atoms with Crippen LogP contribution in [0.3, 0.4) is 0 Å². The van der Waals surface area contributed by atoms with Gasteiger partial charge in [0.05, 0.1) is 11.5 Å². The summed E-state index contributed by atoms with van der Waals surface area (Å²) in [6.07, 6.45) is 1.60. The molecule has 0 aromatic heterocycles. The molecule has 0 atom stereocenters. The quantitative estimate of drug-likeness (QED) is 0.396. The molecule has 0 radical (unpaired) electrons. The first-order valence-corrected chi connectivity index (χ1v) is 12.5. The Morgan fingerprint density at radius 3 is 2.33 bits per heavy atom. The van der Waals surface area contributed by atoms with E-state index in [0.717, 1.165) is 22.3 Å². The van der Waals surface area contributed by atoms with Crippen molar-refractivity contribution in [2.75, 3.05) is 50.8 Å². The van der Waals surface area contributed by atoms with Crippen molar-refractivity contribution in [3.05, 3.63) is 65.1 Å². The second kappa shape index (κ2) is 11.8. The van der Waals surface area contributed by atoms with E-state index in [1.54, 1.807) is 42.2 Å². The van der Waals surface area contributed by atoms with Crippen LogP contribution in [0.5, 0.6) is 5.75 Å². The summed E-state index contributed by atoms with van der Waals surface area (Å²) in [5, 5.41) is -0.461. The van der Waals surface area contributed by atoms with Gasteiger partial charge in [-0.15, -0.1) is 0 Å². The summed E-state index contributed by atoms with van der Waals surface area (Å²) in [6, 6.07) is 16.7. The monoisotopic (exact) mass is 509 g/mol. The van der Waals surface area contributed by atoms with Crippen molar-refractivity contribution in [2.24, 2.45) is 0 Å². The highest BCUT2D eigenvalue weighted by atomic mass is 32.2. The average Bonchev–Trinajstić information content (AvgIpc) is 3.16. The Morgan fingerprint density at radius 1 is 0.972 bits per heavy atom. The van der Waals surface area contributed by atoms with Crippen molar-refractivity contribution in [3.63, 3.8) is 0 Å². The van der Waals surface area contributed by atoms with Gasteiger partial charge in [-0.25, -0.2) is 4.79 Å². The van der Waals surface area contributed by atoms with Crippen LogP contribution in [0.2, 0.25) is 0 Å². The maximum Gasteiger partial charge on any atom is 0.344 e. The number of nitrogens with zero attached hydrogens (tertiary/aromatic N) is 3. The zero-order valence-corrected chi connectivity index (χ0v) is 20.7. The largest absolute Gasteiger partial charge is 0.482 e. The lowest BCUT2D eigenvalue weighted by molar-refractivity contribution is -0.145. The second-order valence-corrected chi connectivity index (χ2v) is 9.13. The maximum atomic E-state index is 12.8. The molecule has 2 aliphatic heterocycles. The third-order valence-electron chi connectivity index (χ3n) is 5.76. The summed E-state index contributed by atoms with van der Waals surface area (Å²) < 4.78 is 10.2. The first kappa shape index (κ1) is 25.3. The van der Waals surface area contributed by atoms with Crippen molar-refractivity contribution in [1.82, 2.24) is 9.80 Å². The minimum atomic E-state index is -0.482. The van der Waals surface area contributed by atoms with E-state index in [0.29, 0.717) is 37.5 Å². The lowest BCUT2D eigenvalue weighted by Crippen LogP contribution is -2.51. The van der Waals surface area contributed by atoms with Crippen LogP contribution in [0.25, 0.3) is 6.08 Å². The summed E-state index contributed by atoms with van der Waals surface area (Å²) in [5.41, 5.74) is 1.80. The number of amides is 3. The topological polar surface area (TPSA) is 96.5 Å². The molecule has 9 nitrogen and oxygen atoms in total. The van der Waals surface area contributed by atoms with E-state index >= 15 is 0 Å². The highest BCUT2D eigenvalue weighted by Crippen LogP contribution is 2.32. The zero-order valence-electron chi connectivity index (χ0n) is 19.9. The van der Waals surface area contributed by atoms with Gasteiger partial charge in [-0.3, -0.25) is 19.3 Å². The van der Waals surface area contributed by atoms with Gasteiger partial charge < -0.3 is 19.3 Å². The lowest BCUT2D eigenvalue weighted by Gasteiger charge is -2.36. The number of ether oxygens (including phenoxy) is 2. The van der Waals surface area contributed by atoms with E-state index in [1.807, 2.05) is 30.3 Å². The number of hydrogen-bond acceptors (Lipinski definition) is 8. The van der Waals surface area contributed by atoms with Crippen LogP contribution < -0.4 is 9.64 Å². The molecule has 2 aromatic carbocycles. The third-order valence-corrected chi connectivity index (χ3v) is 6.67. The number of rotatable bonds is 8. The predicted molar refractivity (Wildman–Crippen MR) is 136 cm³/mol. The second-order valence-electron chi connectivity index (χ2n) is 8.13. The fourth-order valence-corrected chi connectivity index (χ4v) is 4.72. The molecule has 2 aliphatic rings. The molecular weight excluding hydrogens is 482 g/mol. The van der Waals surface area contributed by atoms with Crippen LogP contribution in [0.4, 0.5) is 10.5 Å². The van der Waals surface area contributed by atoms with E-state index in [1.165, 1.54) is 0 Å². The molecule has 0 bridgehead atoms. The van der Waals surface area contributed by atoms with Crippen molar-refractivity contribution in [1.29, 1.82) is 0 Å². The normalized spacial score (nSPS) is 17.0. The average molecular weight is 510 g/mol. The molecule has 0 unspecified atom stereocenters. The van der Waals surface area contributed by atoms with Crippen LogP contribution in [-0.2, 0) is 19.1 Å². The van der Waals surface area contributed by atoms with Crippen molar-refractivity contribution in [2.45, 2.75) is 6.92 Å². The number of hydrogen-bond donors (Lipinski definition) is 0. The Bertz CT molecular complexity index is 1140. The fourth-order valence-electron chi connectivity index (χ4n) is 3.88. The molecule has 0 spiro atoms.